The van der Waals surface area contributed by atoms with Crippen molar-refractivity contribution in [1.82, 2.24) is 19.3 Å². The molecule has 2 atom stereocenters. The van der Waals surface area contributed by atoms with Gasteiger partial charge in [-0.1, -0.05) is 19.3 Å². The SMILES string of the molecule is O[C@@H](C[C@H]1c2nn(C(F)(F)F)cc2-c2cncn21)C1CCCCC1. The van der Waals surface area contributed by atoms with Crippen molar-refractivity contribution >= 4 is 0 Å². The van der Waals surface area contributed by atoms with Gasteiger partial charge in [0.1, 0.15) is 0 Å². The van der Waals surface area contributed by atoms with Gasteiger partial charge in [-0.25, -0.2) is 4.98 Å². The summed E-state index contributed by atoms with van der Waals surface area (Å²) in [6.07, 6.45) is 4.83. The first-order valence-corrected chi connectivity index (χ1v) is 8.32. The standard InChI is InChI=1S/C16H19F3N4O/c17-16(18,19)23-8-11-13-7-20-9-22(13)12(15(11)21-23)6-14(24)10-4-2-1-3-5-10/h7-10,12,14,24H,1-6H2/t12-,14-/m0/s1. The molecule has 1 aliphatic heterocycles. The number of aliphatic hydroxyl groups is 1. The summed E-state index contributed by atoms with van der Waals surface area (Å²) in [4.78, 5) is 4.05. The predicted octanol–water partition coefficient (Wildman–Crippen LogP) is 3.46. The molecule has 24 heavy (non-hydrogen) atoms. The normalized spacial score (nSPS) is 22.4. The van der Waals surface area contributed by atoms with Crippen LogP contribution in [0.25, 0.3) is 11.3 Å². The third-order valence-corrected chi connectivity index (χ3v) is 5.25. The number of hydrogen-bond acceptors (Lipinski definition) is 3. The molecule has 0 spiro atoms. The van der Waals surface area contributed by atoms with Gasteiger partial charge < -0.3 is 9.67 Å². The van der Waals surface area contributed by atoms with Crippen LogP contribution < -0.4 is 0 Å². The molecule has 1 N–H and O–H groups in total. The minimum atomic E-state index is -4.54. The summed E-state index contributed by atoms with van der Waals surface area (Å²) in [7, 11) is 0. The van der Waals surface area contributed by atoms with Crippen molar-refractivity contribution in [3.63, 3.8) is 0 Å². The van der Waals surface area contributed by atoms with Crippen molar-refractivity contribution in [2.24, 2.45) is 5.92 Å². The largest absolute Gasteiger partial charge is 0.504 e. The van der Waals surface area contributed by atoms with Crippen molar-refractivity contribution in [3.05, 3.63) is 24.4 Å². The van der Waals surface area contributed by atoms with E-state index in [1.165, 1.54) is 6.42 Å². The lowest BCUT2D eigenvalue weighted by Gasteiger charge is -2.28. The maximum absolute atomic E-state index is 13.0. The van der Waals surface area contributed by atoms with Gasteiger partial charge in [0, 0.05) is 18.2 Å². The molecule has 2 aliphatic rings. The number of nitrogens with zero attached hydrogens (tertiary/aromatic N) is 4. The number of halogens is 3. The van der Waals surface area contributed by atoms with Gasteiger partial charge in [-0.2, -0.15) is 9.78 Å². The fourth-order valence-corrected chi connectivity index (χ4v) is 4.02. The molecule has 5 nitrogen and oxygen atoms in total. The Balaban J connectivity index is 1.63. The van der Waals surface area contributed by atoms with Crippen LogP contribution in [0.2, 0.25) is 0 Å². The Morgan fingerprint density at radius 1 is 1.25 bits per heavy atom. The predicted molar refractivity (Wildman–Crippen MR) is 80.1 cm³/mol. The summed E-state index contributed by atoms with van der Waals surface area (Å²) in [5.41, 5.74) is 1.45. The van der Waals surface area contributed by atoms with Gasteiger partial charge in [-0.3, -0.25) is 0 Å². The van der Waals surface area contributed by atoms with Crippen LogP contribution in [0, 0.1) is 5.92 Å². The van der Waals surface area contributed by atoms with Crippen LogP contribution in [-0.2, 0) is 6.30 Å². The number of aromatic nitrogens is 4. The van der Waals surface area contributed by atoms with E-state index in [1.807, 2.05) is 4.57 Å². The van der Waals surface area contributed by atoms with E-state index in [9.17, 15) is 18.3 Å². The number of aliphatic hydroxyl groups excluding tert-OH is 1. The quantitative estimate of drug-likeness (QED) is 0.931. The van der Waals surface area contributed by atoms with Crippen LogP contribution in [0.3, 0.4) is 0 Å². The zero-order valence-corrected chi connectivity index (χ0v) is 13.1. The van der Waals surface area contributed by atoms with Crippen molar-refractivity contribution < 1.29 is 18.3 Å². The Morgan fingerprint density at radius 2 is 2.00 bits per heavy atom. The molecule has 0 radical (unpaired) electrons. The van der Waals surface area contributed by atoms with Gasteiger partial charge in [0.15, 0.2) is 0 Å². The van der Waals surface area contributed by atoms with Crippen LogP contribution in [0.1, 0.15) is 50.3 Å². The van der Waals surface area contributed by atoms with E-state index in [4.69, 9.17) is 0 Å². The Hall–Kier alpha value is -1.83. The van der Waals surface area contributed by atoms with E-state index in [0.717, 1.165) is 31.9 Å². The number of rotatable bonds is 3. The minimum absolute atomic E-state index is 0.0498. The number of imidazole rings is 1. The summed E-state index contributed by atoms with van der Waals surface area (Å²) in [5.74, 6) is 0.222. The number of alkyl halides is 3. The number of fused-ring (bicyclic) bond motifs is 3. The van der Waals surface area contributed by atoms with Crippen molar-refractivity contribution in [2.75, 3.05) is 0 Å². The van der Waals surface area contributed by atoms with E-state index in [2.05, 4.69) is 10.1 Å². The van der Waals surface area contributed by atoms with Gasteiger partial charge in [-0.15, -0.1) is 13.2 Å². The Kier molecular flexibility index (Phi) is 3.67. The second-order valence-electron chi connectivity index (χ2n) is 6.74. The van der Waals surface area contributed by atoms with Gasteiger partial charge in [-0.05, 0) is 18.8 Å². The highest BCUT2D eigenvalue weighted by Crippen LogP contribution is 2.43. The Labute approximate surface area is 137 Å². The lowest BCUT2D eigenvalue weighted by Crippen LogP contribution is -2.26. The van der Waals surface area contributed by atoms with E-state index in [1.54, 1.807) is 12.5 Å². The first-order chi connectivity index (χ1) is 11.4. The van der Waals surface area contributed by atoms with Crippen LogP contribution in [-0.4, -0.2) is 30.5 Å². The van der Waals surface area contributed by atoms with Gasteiger partial charge in [0.2, 0.25) is 0 Å². The third-order valence-electron chi connectivity index (χ3n) is 5.25. The molecule has 0 amide bonds. The second kappa shape index (κ2) is 5.61. The van der Waals surface area contributed by atoms with Gasteiger partial charge >= 0.3 is 6.30 Å². The molecule has 2 aromatic heterocycles. The van der Waals surface area contributed by atoms with Crippen LogP contribution in [0.15, 0.2) is 18.7 Å². The molecule has 1 fully saturated rings. The van der Waals surface area contributed by atoms with E-state index in [-0.39, 0.29) is 10.6 Å². The van der Waals surface area contributed by atoms with Gasteiger partial charge in [0.25, 0.3) is 0 Å². The molecule has 1 saturated carbocycles. The molecular weight excluding hydrogens is 321 g/mol. The summed E-state index contributed by atoms with van der Waals surface area (Å²) in [6, 6.07) is -0.391. The van der Waals surface area contributed by atoms with Crippen LogP contribution in [0.5, 0.6) is 0 Å². The van der Waals surface area contributed by atoms with E-state index in [0.29, 0.717) is 23.4 Å². The molecule has 2 aromatic rings. The number of hydrogen-bond donors (Lipinski definition) is 1. The molecule has 0 saturated heterocycles. The van der Waals surface area contributed by atoms with Gasteiger partial charge in [0.05, 0.1) is 36.1 Å². The average Bonchev–Trinajstić information content (AvgIpc) is 3.22. The third kappa shape index (κ3) is 2.53. The highest BCUT2D eigenvalue weighted by Gasteiger charge is 2.39. The van der Waals surface area contributed by atoms with Crippen LogP contribution in [0.4, 0.5) is 13.2 Å². The van der Waals surface area contributed by atoms with E-state index >= 15 is 0 Å². The minimum Gasteiger partial charge on any atom is -0.393 e. The average molecular weight is 340 g/mol. The van der Waals surface area contributed by atoms with E-state index < -0.39 is 18.4 Å². The monoisotopic (exact) mass is 340 g/mol. The zero-order chi connectivity index (χ0) is 16.9. The van der Waals surface area contributed by atoms with Crippen molar-refractivity contribution in [3.8, 4) is 11.3 Å². The molecular formula is C16H19F3N4O. The molecule has 0 aromatic carbocycles. The zero-order valence-electron chi connectivity index (χ0n) is 13.1. The Morgan fingerprint density at radius 3 is 2.71 bits per heavy atom. The fraction of sp³-hybridized carbons (Fsp3) is 0.625. The molecule has 130 valence electrons. The molecule has 3 heterocycles. The highest BCUT2D eigenvalue weighted by atomic mass is 19.4. The maximum Gasteiger partial charge on any atom is 0.504 e. The lowest BCUT2D eigenvalue weighted by molar-refractivity contribution is -0.212. The first kappa shape index (κ1) is 15.7. The van der Waals surface area contributed by atoms with Crippen molar-refractivity contribution in [1.29, 1.82) is 0 Å². The smallest absolute Gasteiger partial charge is 0.393 e. The first-order valence-electron chi connectivity index (χ1n) is 8.32. The molecule has 4 rings (SSSR count). The summed E-state index contributed by atoms with van der Waals surface area (Å²) < 4.78 is 40.7. The fourth-order valence-electron chi connectivity index (χ4n) is 4.02. The molecule has 0 unspecified atom stereocenters. The molecule has 0 bridgehead atoms. The molecule has 1 aliphatic carbocycles. The summed E-state index contributed by atoms with van der Waals surface area (Å²) >= 11 is 0. The maximum atomic E-state index is 13.0. The topological polar surface area (TPSA) is 55.9 Å². The summed E-state index contributed by atoms with van der Waals surface area (Å²) in [6.45, 7) is 0. The van der Waals surface area contributed by atoms with Crippen LogP contribution >= 0.6 is 0 Å². The lowest BCUT2D eigenvalue weighted by atomic mass is 9.83. The highest BCUT2D eigenvalue weighted by molar-refractivity contribution is 5.66. The second-order valence-corrected chi connectivity index (χ2v) is 6.74. The molecule has 8 heteroatoms. The Bertz CT molecular complexity index is 730. The summed E-state index contributed by atoms with van der Waals surface area (Å²) in [5, 5.41) is 14.4. The van der Waals surface area contributed by atoms with Crippen molar-refractivity contribution in [2.45, 2.75) is 57.0 Å².